The number of amides is 1. The van der Waals surface area contributed by atoms with Gasteiger partial charge in [0.05, 0.1) is 46.6 Å². The van der Waals surface area contributed by atoms with Crippen LogP contribution < -0.4 is 0 Å². The second-order valence-corrected chi connectivity index (χ2v) is 5.80. The predicted molar refractivity (Wildman–Crippen MR) is 77.5 cm³/mol. The maximum atomic E-state index is 12.9. The molecular formula is C15H14ClN3O2. The number of hydrogen-bond donors (Lipinski definition) is 1. The first-order valence-corrected chi connectivity index (χ1v) is 7.37. The molecule has 3 heterocycles. The molecule has 0 spiro atoms. The van der Waals surface area contributed by atoms with Crippen LogP contribution in [0.5, 0.6) is 0 Å². The molecular weight excluding hydrogens is 290 g/mol. The molecule has 2 aliphatic heterocycles. The summed E-state index contributed by atoms with van der Waals surface area (Å²) in [4.78, 5) is 19.0. The summed E-state index contributed by atoms with van der Waals surface area (Å²) in [6.07, 6.45) is 3.51. The molecule has 1 aromatic heterocycles. The minimum absolute atomic E-state index is 0.0364. The van der Waals surface area contributed by atoms with Gasteiger partial charge in [-0.2, -0.15) is 0 Å². The molecule has 108 valence electrons. The Kier molecular flexibility index (Phi) is 2.80. The van der Waals surface area contributed by atoms with E-state index < -0.39 is 0 Å². The molecule has 0 saturated carbocycles. The molecule has 5 nitrogen and oxygen atoms in total. The van der Waals surface area contributed by atoms with E-state index in [-0.39, 0.29) is 18.6 Å². The Balaban J connectivity index is 2.06. The lowest BCUT2D eigenvalue weighted by molar-refractivity contribution is 0.0737. The highest BCUT2D eigenvalue weighted by Crippen LogP contribution is 2.41. The second-order valence-electron chi connectivity index (χ2n) is 5.40. The first-order chi connectivity index (χ1) is 10.2. The summed E-state index contributed by atoms with van der Waals surface area (Å²) >= 11 is 6.28. The Morgan fingerprint density at radius 3 is 3.10 bits per heavy atom. The largest absolute Gasteiger partial charge is 0.390 e. The van der Waals surface area contributed by atoms with Crippen molar-refractivity contribution in [3.8, 4) is 5.69 Å². The van der Waals surface area contributed by atoms with Crippen molar-refractivity contribution in [2.75, 3.05) is 6.54 Å². The van der Waals surface area contributed by atoms with Crippen LogP contribution in [0.2, 0.25) is 5.02 Å². The molecule has 1 N–H and O–H groups in total. The summed E-state index contributed by atoms with van der Waals surface area (Å²) in [5, 5.41) is 10.0. The maximum Gasteiger partial charge on any atom is 0.258 e. The number of nitrogens with zero attached hydrogens (tertiary/aromatic N) is 3. The zero-order valence-electron chi connectivity index (χ0n) is 11.3. The number of carbonyl (C=O) groups is 1. The summed E-state index contributed by atoms with van der Waals surface area (Å²) in [5.41, 5.74) is 2.80. The maximum absolute atomic E-state index is 12.9. The number of imidazole rings is 1. The summed E-state index contributed by atoms with van der Waals surface area (Å²) in [7, 11) is 0. The van der Waals surface area contributed by atoms with Crippen molar-refractivity contribution >= 4 is 17.5 Å². The van der Waals surface area contributed by atoms with Gasteiger partial charge in [0.25, 0.3) is 5.91 Å². The topological polar surface area (TPSA) is 58.4 Å². The lowest BCUT2D eigenvalue weighted by Crippen LogP contribution is -2.30. The summed E-state index contributed by atoms with van der Waals surface area (Å²) in [5.74, 6) is -0.0364. The van der Waals surface area contributed by atoms with E-state index in [2.05, 4.69) is 4.98 Å². The summed E-state index contributed by atoms with van der Waals surface area (Å²) in [6, 6.07) is 5.39. The van der Waals surface area contributed by atoms with Crippen molar-refractivity contribution in [1.82, 2.24) is 14.5 Å². The van der Waals surface area contributed by atoms with E-state index in [0.29, 0.717) is 22.8 Å². The smallest absolute Gasteiger partial charge is 0.258 e. The van der Waals surface area contributed by atoms with Crippen LogP contribution in [0.4, 0.5) is 0 Å². The molecule has 2 aliphatic rings. The molecule has 21 heavy (non-hydrogen) atoms. The van der Waals surface area contributed by atoms with Crippen LogP contribution in [0, 0.1) is 0 Å². The third-order valence-corrected chi connectivity index (χ3v) is 4.64. The first-order valence-electron chi connectivity index (χ1n) is 6.99. The number of rotatable bonds is 1. The number of aromatic nitrogens is 2. The summed E-state index contributed by atoms with van der Waals surface area (Å²) in [6.45, 7) is 0.584. The zero-order chi connectivity index (χ0) is 14.6. The normalized spacial score (nSPS) is 20.0. The summed E-state index contributed by atoms with van der Waals surface area (Å²) < 4.78 is 1.90. The van der Waals surface area contributed by atoms with Crippen LogP contribution in [0.3, 0.4) is 0 Å². The van der Waals surface area contributed by atoms with Crippen molar-refractivity contribution in [1.29, 1.82) is 0 Å². The molecule has 0 unspecified atom stereocenters. The molecule has 0 bridgehead atoms. The first kappa shape index (κ1) is 12.9. The Morgan fingerprint density at radius 2 is 2.29 bits per heavy atom. The number of benzene rings is 1. The van der Waals surface area contributed by atoms with E-state index >= 15 is 0 Å². The van der Waals surface area contributed by atoms with E-state index in [0.717, 1.165) is 24.2 Å². The van der Waals surface area contributed by atoms with E-state index in [1.807, 2.05) is 21.6 Å². The van der Waals surface area contributed by atoms with Crippen molar-refractivity contribution in [3.63, 3.8) is 0 Å². The van der Waals surface area contributed by atoms with Gasteiger partial charge in [0, 0.05) is 6.54 Å². The quantitative estimate of drug-likeness (QED) is 0.879. The fourth-order valence-electron chi connectivity index (χ4n) is 3.42. The lowest BCUT2D eigenvalue weighted by Gasteiger charge is -2.23. The van der Waals surface area contributed by atoms with Crippen LogP contribution in [-0.2, 0) is 6.61 Å². The highest BCUT2D eigenvalue weighted by atomic mass is 35.5. The molecule has 6 heteroatoms. The average molecular weight is 304 g/mol. The fraction of sp³-hybridized carbons (Fsp3) is 0.333. The van der Waals surface area contributed by atoms with Crippen LogP contribution in [0.15, 0.2) is 24.5 Å². The predicted octanol–water partition coefficient (Wildman–Crippen LogP) is 2.31. The van der Waals surface area contributed by atoms with Gasteiger partial charge in [0.1, 0.15) is 0 Å². The van der Waals surface area contributed by atoms with E-state index in [9.17, 15) is 9.90 Å². The van der Waals surface area contributed by atoms with E-state index in [4.69, 9.17) is 11.6 Å². The highest BCUT2D eigenvalue weighted by molar-refractivity contribution is 6.34. The third-order valence-electron chi connectivity index (χ3n) is 4.33. The van der Waals surface area contributed by atoms with Crippen LogP contribution in [-0.4, -0.2) is 32.0 Å². The van der Waals surface area contributed by atoms with Crippen molar-refractivity contribution in [2.24, 2.45) is 0 Å². The highest BCUT2D eigenvalue weighted by Gasteiger charge is 2.39. The average Bonchev–Trinajstić information content (AvgIpc) is 3.10. The number of carbonyl (C=O) groups excluding carboxylic acids is 1. The van der Waals surface area contributed by atoms with Crippen LogP contribution in [0.25, 0.3) is 5.69 Å². The van der Waals surface area contributed by atoms with Gasteiger partial charge in [0.2, 0.25) is 0 Å². The molecule has 2 aromatic rings. The van der Waals surface area contributed by atoms with Crippen LogP contribution >= 0.6 is 11.6 Å². The van der Waals surface area contributed by atoms with Crippen molar-refractivity contribution in [2.45, 2.75) is 25.5 Å². The molecule has 1 aromatic carbocycles. The van der Waals surface area contributed by atoms with Crippen molar-refractivity contribution in [3.05, 3.63) is 46.5 Å². The number of hydrogen-bond acceptors (Lipinski definition) is 3. The van der Waals surface area contributed by atoms with Gasteiger partial charge >= 0.3 is 0 Å². The molecule has 0 radical (unpaired) electrons. The second kappa shape index (κ2) is 4.58. The number of aliphatic hydroxyl groups excluding tert-OH is 1. The van der Waals surface area contributed by atoms with E-state index in [1.165, 1.54) is 0 Å². The van der Waals surface area contributed by atoms with Crippen molar-refractivity contribution < 1.29 is 9.90 Å². The van der Waals surface area contributed by atoms with Gasteiger partial charge in [-0.05, 0) is 25.0 Å². The van der Waals surface area contributed by atoms with Gasteiger partial charge in [-0.25, -0.2) is 4.98 Å². The molecule has 0 aliphatic carbocycles. The molecule has 1 amide bonds. The third kappa shape index (κ3) is 1.68. The Morgan fingerprint density at radius 1 is 1.43 bits per heavy atom. The van der Waals surface area contributed by atoms with Gasteiger partial charge in [-0.15, -0.1) is 0 Å². The Hall–Kier alpha value is -1.85. The van der Waals surface area contributed by atoms with Gasteiger partial charge < -0.3 is 10.0 Å². The standard InChI is InChI=1S/C15H14ClN3O2/c16-9-3-1-4-11-13(9)15(21)18-6-2-5-12(18)14-10(7-20)17-8-19(11)14/h1,3-4,8,12,20H,2,5-7H2/t12-/m0/s1. The number of halogens is 1. The van der Waals surface area contributed by atoms with Gasteiger partial charge in [0.15, 0.2) is 0 Å². The lowest BCUT2D eigenvalue weighted by atomic mass is 10.1. The van der Waals surface area contributed by atoms with Gasteiger partial charge in [-0.1, -0.05) is 17.7 Å². The fourth-order valence-corrected chi connectivity index (χ4v) is 3.67. The van der Waals surface area contributed by atoms with Gasteiger partial charge in [-0.3, -0.25) is 9.36 Å². The van der Waals surface area contributed by atoms with Crippen LogP contribution in [0.1, 0.15) is 40.6 Å². The minimum atomic E-state index is -0.128. The zero-order valence-corrected chi connectivity index (χ0v) is 12.0. The Labute approximate surface area is 126 Å². The Bertz CT molecular complexity index is 741. The minimum Gasteiger partial charge on any atom is -0.390 e. The molecule has 4 rings (SSSR count). The number of aliphatic hydroxyl groups is 1. The van der Waals surface area contributed by atoms with E-state index in [1.54, 1.807) is 12.4 Å². The molecule has 1 fully saturated rings. The number of fused-ring (bicyclic) bond motifs is 5. The SMILES string of the molecule is O=C1c2c(Cl)cccc2-n2cnc(CO)c2[C@@H]2CCCN12. The monoisotopic (exact) mass is 303 g/mol. The molecule has 1 saturated heterocycles. The molecule has 1 atom stereocenters.